The van der Waals surface area contributed by atoms with E-state index in [1.165, 1.54) is 12.1 Å². The molecule has 0 saturated heterocycles. The molecule has 2 bridgehead atoms. The molecule has 0 unspecified atom stereocenters. The molecule has 1 saturated carbocycles. The number of hydrogen-bond donors (Lipinski definition) is 3. The third-order valence-corrected chi connectivity index (χ3v) is 13.0. The SMILES string of the molecule is CC1=CCC[C@@]2(C)[C@@H](CC[C@@]2(O)CN(Cc2cccc3ccccc23)C(=O)NC(C)C)c2ccc(cc2C(=O)c2ccc(-c3cc(C(F)(F)F)ccc3Cl)o2)C[C@@H](O)CC1. The van der Waals surface area contributed by atoms with E-state index in [1.807, 2.05) is 68.4 Å². The molecule has 2 amide bonds. The van der Waals surface area contributed by atoms with E-state index >= 15 is 0 Å². The first-order chi connectivity index (χ1) is 28.5. The number of rotatable bonds is 8. The van der Waals surface area contributed by atoms with Crippen LogP contribution >= 0.6 is 11.6 Å². The Morgan fingerprint density at radius 1 is 0.983 bits per heavy atom. The van der Waals surface area contributed by atoms with Crippen LogP contribution in [0.1, 0.15) is 111 Å². The summed E-state index contributed by atoms with van der Waals surface area (Å²) in [6.45, 7) is 8.22. The van der Waals surface area contributed by atoms with Gasteiger partial charge >= 0.3 is 12.2 Å². The van der Waals surface area contributed by atoms with Crippen molar-refractivity contribution in [2.24, 2.45) is 5.41 Å². The van der Waals surface area contributed by atoms with Crippen LogP contribution in [0.4, 0.5) is 18.0 Å². The number of halogens is 4. The zero-order valence-corrected chi connectivity index (χ0v) is 35.2. The lowest BCUT2D eigenvalue weighted by molar-refractivity contribution is -0.137. The number of allylic oxidation sites excluding steroid dienone is 2. The number of urea groups is 1. The minimum atomic E-state index is -4.61. The Morgan fingerprint density at radius 3 is 2.52 bits per heavy atom. The monoisotopic (exact) mass is 840 g/mol. The second-order valence-corrected chi connectivity index (χ2v) is 17.6. The van der Waals surface area contributed by atoms with Gasteiger partial charge in [-0.25, -0.2) is 4.79 Å². The fraction of sp³-hybridized carbons (Fsp3) is 0.388. The number of carbonyl (C=O) groups excluding carboxylic acids is 2. The van der Waals surface area contributed by atoms with Crippen LogP contribution in [0.15, 0.2) is 107 Å². The number of alkyl halides is 3. The Labute approximate surface area is 354 Å². The predicted octanol–water partition coefficient (Wildman–Crippen LogP) is 11.7. The lowest BCUT2D eigenvalue weighted by Gasteiger charge is -2.46. The van der Waals surface area contributed by atoms with Crippen molar-refractivity contribution in [2.75, 3.05) is 6.54 Å². The average Bonchev–Trinajstić information content (AvgIpc) is 3.78. The molecule has 3 N–H and O–H groups in total. The third kappa shape index (κ3) is 8.92. The number of furan rings is 1. The van der Waals surface area contributed by atoms with Gasteiger partial charge in [0, 0.05) is 29.1 Å². The zero-order chi connectivity index (χ0) is 43.0. The van der Waals surface area contributed by atoms with Gasteiger partial charge in [0.1, 0.15) is 5.76 Å². The third-order valence-electron chi connectivity index (χ3n) is 12.7. The summed E-state index contributed by atoms with van der Waals surface area (Å²) in [5, 5.41) is 29.4. The van der Waals surface area contributed by atoms with E-state index in [2.05, 4.69) is 25.2 Å². The maximum Gasteiger partial charge on any atom is 0.416 e. The number of ketones is 1. The van der Waals surface area contributed by atoms with Gasteiger partial charge in [0.25, 0.3) is 0 Å². The lowest BCUT2D eigenvalue weighted by atomic mass is 9.64. The number of fused-ring (bicyclic) bond motifs is 9. The van der Waals surface area contributed by atoms with Crippen LogP contribution in [0.2, 0.25) is 5.02 Å². The highest BCUT2D eigenvalue weighted by Crippen LogP contribution is 2.59. The molecular formula is C49H52ClF3N2O5. The summed E-state index contributed by atoms with van der Waals surface area (Å²) in [6, 6.07) is 25.0. The van der Waals surface area contributed by atoms with Crippen LogP contribution in [0.25, 0.3) is 22.1 Å². The van der Waals surface area contributed by atoms with Crippen molar-refractivity contribution in [2.45, 2.75) is 109 Å². The Bertz CT molecular complexity index is 2420. The van der Waals surface area contributed by atoms with Crippen molar-refractivity contribution in [1.82, 2.24) is 10.2 Å². The van der Waals surface area contributed by atoms with Crippen molar-refractivity contribution < 1.29 is 37.4 Å². The molecule has 5 aromatic rings. The molecule has 4 atom stereocenters. The summed E-state index contributed by atoms with van der Waals surface area (Å²) < 4.78 is 47.0. The topological polar surface area (TPSA) is 103 Å². The van der Waals surface area contributed by atoms with Gasteiger partial charge < -0.3 is 24.8 Å². The van der Waals surface area contributed by atoms with E-state index in [-0.39, 0.29) is 53.2 Å². The van der Waals surface area contributed by atoms with E-state index in [0.29, 0.717) is 56.1 Å². The Kier molecular flexibility index (Phi) is 12.4. The van der Waals surface area contributed by atoms with Crippen LogP contribution in [0, 0.1) is 5.41 Å². The second kappa shape index (κ2) is 17.2. The zero-order valence-electron chi connectivity index (χ0n) is 34.4. The number of nitrogens with one attached hydrogen (secondary N) is 1. The van der Waals surface area contributed by atoms with Gasteiger partial charge in [-0.05, 0) is 135 Å². The molecule has 60 heavy (non-hydrogen) atoms. The van der Waals surface area contributed by atoms with Crippen LogP contribution in [0.5, 0.6) is 0 Å². The number of aliphatic hydroxyl groups excluding tert-OH is 1. The van der Waals surface area contributed by atoms with Gasteiger partial charge in [-0.15, -0.1) is 0 Å². The number of benzene rings is 4. The molecule has 0 radical (unpaired) electrons. The fourth-order valence-corrected chi connectivity index (χ4v) is 9.52. The molecule has 0 aliphatic heterocycles. The largest absolute Gasteiger partial charge is 0.453 e. The molecule has 3 aliphatic rings. The van der Waals surface area contributed by atoms with Crippen molar-refractivity contribution in [3.05, 3.63) is 141 Å². The normalized spacial score (nSPS) is 22.4. The Balaban J connectivity index is 1.30. The minimum absolute atomic E-state index is 0.00318. The summed E-state index contributed by atoms with van der Waals surface area (Å²) in [5.41, 5.74) is 0.716. The molecule has 1 fully saturated rings. The highest BCUT2D eigenvalue weighted by molar-refractivity contribution is 6.33. The van der Waals surface area contributed by atoms with E-state index in [1.54, 1.807) is 11.0 Å². The smallest absolute Gasteiger partial charge is 0.416 e. The molecule has 3 aliphatic carbocycles. The number of hydrogen-bond acceptors (Lipinski definition) is 5. The van der Waals surface area contributed by atoms with E-state index < -0.39 is 34.6 Å². The van der Waals surface area contributed by atoms with Gasteiger partial charge in [0.05, 0.1) is 28.8 Å². The van der Waals surface area contributed by atoms with Crippen molar-refractivity contribution in [3.8, 4) is 11.3 Å². The van der Waals surface area contributed by atoms with Gasteiger partial charge in [-0.3, -0.25) is 4.79 Å². The summed E-state index contributed by atoms with van der Waals surface area (Å²) >= 11 is 6.35. The Morgan fingerprint density at radius 2 is 1.75 bits per heavy atom. The minimum Gasteiger partial charge on any atom is -0.453 e. The first-order valence-corrected chi connectivity index (χ1v) is 21.1. The molecule has 4 aromatic carbocycles. The molecule has 1 aromatic heterocycles. The summed E-state index contributed by atoms with van der Waals surface area (Å²) in [5.74, 6) is -0.904. The van der Waals surface area contributed by atoms with Gasteiger partial charge in [0.2, 0.25) is 5.78 Å². The lowest BCUT2D eigenvalue weighted by Crippen LogP contribution is -2.55. The molecule has 11 heteroatoms. The number of amides is 2. The standard InChI is InChI=1S/C49H52ClF3N2O5/c1-30(2)54-46(58)55(28-34-12-7-11-33-10-5-6-13-37(33)34)29-48(59)24-22-41-38-18-15-32(25-36(56)17-14-31(3)9-8-23-47(41,48)4)26-39(38)45(57)44-21-20-43(60-44)40-27-35(49(51,52)53)16-19-42(40)50/h5-7,9-13,15-16,18-21,26-27,30,36,41,56,59H,8,14,17,22-25,28-29H2,1-4H3,(H,54,58)/t36-,41-,47-,48+/m0/s1. The number of aliphatic hydroxyl groups is 2. The highest BCUT2D eigenvalue weighted by Gasteiger charge is 2.57. The van der Waals surface area contributed by atoms with Crippen LogP contribution in [-0.2, 0) is 19.1 Å². The van der Waals surface area contributed by atoms with Crippen molar-refractivity contribution in [1.29, 1.82) is 0 Å². The van der Waals surface area contributed by atoms with E-state index in [4.69, 9.17) is 16.0 Å². The maximum absolute atomic E-state index is 14.7. The molecule has 316 valence electrons. The van der Waals surface area contributed by atoms with Gasteiger partial charge in [0.15, 0.2) is 5.76 Å². The predicted molar refractivity (Wildman–Crippen MR) is 229 cm³/mol. The second-order valence-electron chi connectivity index (χ2n) is 17.2. The van der Waals surface area contributed by atoms with Gasteiger partial charge in [-0.1, -0.05) is 84.8 Å². The average molecular weight is 841 g/mol. The number of carbonyl (C=O) groups is 2. The molecule has 8 rings (SSSR count). The summed E-state index contributed by atoms with van der Waals surface area (Å²) in [4.78, 5) is 30.5. The maximum atomic E-state index is 14.7. The Hall–Kier alpha value is -4.90. The first-order valence-electron chi connectivity index (χ1n) is 20.7. The molecule has 0 spiro atoms. The van der Waals surface area contributed by atoms with Crippen molar-refractivity contribution >= 4 is 34.2 Å². The van der Waals surface area contributed by atoms with Crippen LogP contribution < -0.4 is 5.32 Å². The van der Waals surface area contributed by atoms with Crippen LogP contribution in [-0.4, -0.2) is 51.2 Å². The fourth-order valence-electron chi connectivity index (χ4n) is 9.31. The van der Waals surface area contributed by atoms with E-state index in [0.717, 1.165) is 45.7 Å². The molecular weight excluding hydrogens is 789 g/mol. The molecule has 7 nitrogen and oxygen atoms in total. The quantitative estimate of drug-likeness (QED) is 0.107. The molecule has 1 heterocycles. The number of nitrogens with zero attached hydrogens (tertiary/aromatic N) is 1. The summed E-state index contributed by atoms with van der Waals surface area (Å²) in [7, 11) is 0. The van der Waals surface area contributed by atoms with Crippen molar-refractivity contribution in [3.63, 3.8) is 0 Å². The van der Waals surface area contributed by atoms with E-state index in [9.17, 15) is 33.0 Å². The van der Waals surface area contributed by atoms with Gasteiger partial charge in [-0.2, -0.15) is 13.2 Å². The highest BCUT2D eigenvalue weighted by atomic mass is 35.5. The first kappa shape index (κ1) is 43.2. The van der Waals surface area contributed by atoms with Crippen LogP contribution in [0.3, 0.4) is 0 Å². The summed E-state index contributed by atoms with van der Waals surface area (Å²) in [6.07, 6.45) is 0.417.